The van der Waals surface area contributed by atoms with E-state index in [0.717, 1.165) is 12.0 Å². The Bertz CT molecular complexity index is 749. The molecule has 136 valence electrons. The number of piperidine rings is 1. The Morgan fingerprint density at radius 3 is 2.58 bits per heavy atom. The summed E-state index contributed by atoms with van der Waals surface area (Å²) >= 11 is 0. The number of hydrogen-bond donors (Lipinski definition) is 1. The number of carbonyl (C=O) groups excluding carboxylic acids is 2. The van der Waals surface area contributed by atoms with E-state index in [1.807, 2.05) is 30.3 Å². The van der Waals surface area contributed by atoms with Gasteiger partial charge < -0.3 is 15.0 Å². The van der Waals surface area contributed by atoms with E-state index in [1.54, 1.807) is 4.90 Å². The first kappa shape index (κ1) is 17.9. The molecule has 2 aromatic carbocycles. The Labute approximate surface area is 151 Å². The first-order valence-electron chi connectivity index (χ1n) is 8.64. The second-order valence-electron chi connectivity index (χ2n) is 6.32. The van der Waals surface area contributed by atoms with Crippen molar-refractivity contribution in [2.24, 2.45) is 5.92 Å². The normalized spacial score (nSPS) is 16.8. The molecule has 1 N–H and O–H groups in total. The molecule has 3 rings (SSSR count). The number of nitrogens with zero attached hydrogens (tertiary/aromatic N) is 1. The van der Waals surface area contributed by atoms with E-state index in [-0.39, 0.29) is 24.2 Å². The Morgan fingerprint density at radius 1 is 1.12 bits per heavy atom. The van der Waals surface area contributed by atoms with Crippen LogP contribution in [0.3, 0.4) is 0 Å². The van der Waals surface area contributed by atoms with Crippen molar-refractivity contribution in [3.05, 3.63) is 66.0 Å². The number of rotatable bonds is 4. The molecule has 1 atom stereocenters. The third-order valence-electron chi connectivity index (χ3n) is 4.37. The number of anilines is 1. The van der Waals surface area contributed by atoms with E-state index < -0.39 is 6.09 Å². The lowest BCUT2D eigenvalue weighted by molar-refractivity contribution is -0.121. The standard InChI is InChI=1S/C20H21FN2O3/c21-17-8-10-18(11-9-17)22-19(24)16-7-4-12-23(13-16)20(25)26-14-15-5-2-1-3-6-15/h1-3,5-6,8-11,16H,4,7,12-14H2,(H,22,24). The SMILES string of the molecule is O=C(Nc1ccc(F)cc1)C1CCCN(C(=O)OCc2ccccc2)C1. The lowest BCUT2D eigenvalue weighted by Crippen LogP contribution is -2.44. The highest BCUT2D eigenvalue weighted by Gasteiger charge is 2.29. The summed E-state index contributed by atoms with van der Waals surface area (Å²) in [7, 11) is 0. The summed E-state index contributed by atoms with van der Waals surface area (Å²) < 4.78 is 18.3. The van der Waals surface area contributed by atoms with Crippen LogP contribution in [0.15, 0.2) is 54.6 Å². The van der Waals surface area contributed by atoms with Crippen LogP contribution in [0.2, 0.25) is 0 Å². The van der Waals surface area contributed by atoms with Crippen LogP contribution in [0.5, 0.6) is 0 Å². The highest BCUT2D eigenvalue weighted by molar-refractivity contribution is 5.93. The second kappa shape index (κ2) is 8.47. The van der Waals surface area contributed by atoms with Crippen LogP contribution in [-0.2, 0) is 16.1 Å². The molecule has 0 aliphatic carbocycles. The van der Waals surface area contributed by atoms with Gasteiger partial charge in [-0.05, 0) is 42.7 Å². The number of nitrogens with one attached hydrogen (secondary N) is 1. The van der Waals surface area contributed by atoms with Crippen molar-refractivity contribution in [3.8, 4) is 0 Å². The largest absolute Gasteiger partial charge is 0.445 e. The zero-order chi connectivity index (χ0) is 18.4. The van der Waals surface area contributed by atoms with Gasteiger partial charge in [0.15, 0.2) is 0 Å². The zero-order valence-corrected chi connectivity index (χ0v) is 14.4. The molecule has 1 aliphatic rings. The van der Waals surface area contributed by atoms with E-state index in [9.17, 15) is 14.0 Å². The minimum atomic E-state index is -0.409. The van der Waals surface area contributed by atoms with Gasteiger partial charge in [-0.2, -0.15) is 0 Å². The molecule has 0 saturated carbocycles. The average molecular weight is 356 g/mol. The van der Waals surface area contributed by atoms with Gasteiger partial charge in [-0.25, -0.2) is 9.18 Å². The molecule has 6 heteroatoms. The fourth-order valence-electron chi connectivity index (χ4n) is 2.95. The predicted molar refractivity (Wildman–Crippen MR) is 96.0 cm³/mol. The second-order valence-corrected chi connectivity index (χ2v) is 6.32. The number of ether oxygens (including phenoxy) is 1. The third kappa shape index (κ3) is 4.81. The van der Waals surface area contributed by atoms with Crippen LogP contribution >= 0.6 is 0 Å². The van der Waals surface area contributed by atoms with Crippen molar-refractivity contribution in [2.75, 3.05) is 18.4 Å². The maximum absolute atomic E-state index is 12.9. The summed E-state index contributed by atoms with van der Waals surface area (Å²) in [6.07, 6.45) is 1.03. The number of hydrogen-bond acceptors (Lipinski definition) is 3. The highest BCUT2D eigenvalue weighted by atomic mass is 19.1. The van der Waals surface area contributed by atoms with Crippen molar-refractivity contribution in [1.82, 2.24) is 4.90 Å². The molecule has 1 heterocycles. The van der Waals surface area contributed by atoms with Gasteiger partial charge in [0, 0.05) is 18.8 Å². The van der Waals surface area contributed by atoms with Crippen LogP contribution in [0.1, 0.15) is 18.4 Å². The first-order valence-corrected chi connectivity index (χ1v) is 8.64. The van der Waals surface area contributed by atoms with Crippen molar-refractivity contribution >= 4 is 17.7 Å². The molecule has 1 fully saturated rings. The van der Waals surface area contributed by atoms with Gasteiger partial charge in [0.2, 0.25) is 5.91 Å². The van der Waals surface area contributed by atoms with Gasteiger partial charge in [0.25, 0.3) is 0 Å². The lowest BCUT2D eigenvalue weighted by atomic mass is 9.97. The molecule has 1 aliphatic heterocycles. The number of halogens is 1. The van der Waals surface area contributed by atoms with Gasteiger partial charge >= 0.3 is 6.09 Å². The number of likely N-dealkylation sites (tertiary alicyclic amines) is 1. The van der Waals surface area contributed by atoms with E-state index in [4.69, 9.17) is 4.74 Å². The quantitative estimate of drug-likeness (QED) is 0.906. The molecule has 2 amide bonds. The van der Waals surface area contributed by atoms with Crippen molar-refractivity contribution < 1.29 is 18.7 Å². The molecule has 26 heavy (non-hydrogen) atoms. The van der Waals surface area contributed by atoms with Gasteiger partial charge in [-0.3, -0.25) is 4.79 Å². The van der Waals surface area contributed by atoms with Crippen molar-refractivity contribution in [1.29, 1.82) is 0 Å². The lowest BCUT2D eigenvalue weighted by Gasteiger charge is -2.31. The molecule has 2 aromatic rings. The van der Waals surface area contributed by atoms with Crippen LogP contribution in [-0.4, -0.2) is 30.0 Å². The maximum atomic E-state index is 12.9. The molecular weight excluding hydrogens is 335 g/mol. The minimum absolute atomic E-state index is 0.169. The molecular formula is C20H21FN2O3. The Balaban J connectivity index is 1.52. The summed E-state index contributed by atoms with van der Waals surface area (Å²) in [6.45, 7) is 1.11. The smallest absolute Gasteiger partial charge is 0.410 e. The Hall–Kier alpha value is -2.89. The van der Waals surface area contributed by atoms with E-state index in [2.05, 4.69) is 5.32 Å². The van der Waals surface area contributed by atoms with E-state index in [1.165, 1.54) is 24.3 Å². The zero-order valence-electron chi connectivity index (χ0n) is 14.4. The van der Waals surface area contributed by atoms with Crippen LogP contribution in [0.25, 0.3) is 0 Å². The maximum Gasteiger partial charge on any atom is 0.410 e. The van der Waals surface area contributed by atoms with Gasteiger partial charge in [-0.15, -0.1) is 0 Å². The van der Waals surface area contributed by atoms with Gasteiger partial charge in [0.1, 0.15) is 12.4 Å². The topological polar surface area (TPSA) is 58.6 Å². The molecule has 1 unspecified atom stereocenters. The molecule has 0 aromatic heterocycles. The number of amides is 2. The summed E-state index contributed by atoms with van der Waals surface area (Å²) in [5.74, 6) is -0.830. The Morgan fingerprint density at radius 2 is 1.85 bits per heavy atom. The number of benzene rings is 2. The highest BCUT2D eigenvalue weighted by Crippen LogP contribution is 2.20. The predicted octanol–water partition coefficient (Wildman–Crippen LogP) is 3.81. The van der Waals surface area contributed by atoms with Crippen molar-refractivity contribution in [2.45, 2.75) is 19.4 Å². The van der Waals surface area contributed by atoms with E-state index >= 15 is 0 Å². The van der Waals surface area contributed by atoms with Crippen LogP contribution in [0, 0.1) is 11.7 Å². The summed E-state index contributed by atoms with van der Waals surface area (Å²) in [5, 5.41) is 2.77. The Kier molecular flexibility index (Phi) is 5.84. The third-order valence-corrected chi connectivity index (χ3v) is 4.37. The summed E-state index contributed by atoms with van der Waals surface area (Å²) in [6, 6.07) is 15.1. The molecule has 5 nitrogen and oxygen atoms in total. The molecule has 1 saturated heterocycles. The van der Waals surface area contributed by atoms with Gasteiger partial charge in [-0.1, -0.05) is 30.3 Å². The van der Waals surface area contributed by atoms with E-state index in [0.29, 0.717) is 25.2 Å². The number of carbonyl (C=O) groups is 2. The first-order chi connectivity index (χ1) is 12.6. The average Bonchev–Trinajstić information content (AvgIpc) is 2.69. The fraction of sp³-hybridized carbons (Fsp3) is 0.300. The summed E-state index contributed by atoms with van der Waals surface area (Å²) in [4.78, 5) is 26.3. The fourth-order valence-corrected chi connectivity index (χ4v) is 2.95. The van der Waals surface area contributed by atoms with Gasteiger partial charge in [0.05, 0.1) is 5.92 Å². The minimum Gasteiger partial charge on any atom is -0.445 e. The molecule has 0 spiro atoms. The van der Waals surface area contributed by atoms with Crippen LogP contribution in [0.4, 0.5) is 14.9 Å². The van der Waals surface area contributed by atoms with Crippen molar-refractivity contribution in [3.63, 3.8) is 0 Å². The monoisotopic (exact) mass is 356 g/mol. The molecule has 0 bridgehead atoms. The summed E-state index contributed by atoms with van der Waals surface area (Å²) in [5.41, 5.74) is 1.46. The molecule has 0 radical (unpaired) electrons. The van der Waals surface area contributed by atoms with Crippen LogP contribution < -0.4 is 5.32 Å².